The Morgan fingerprint density at radius 1 is 1.45 bits per heavy atom. The van der Waals surface area contributed by atoms with Gasteiger partial charge in [-0.15, -0.1) is 11.3 Å². The summed E-state index contributed by atoms with van der Waals surface area (Å²) >= 11 is 1.57. The van der Waals surface area contributed by atoms with Crippen molar-refractivity contribution in [3.05, 3.63) is 40.6 Å². The zero-order valence-electron chi connectivity index (χ0n) is 10.8. The number of fused-ring (bicyclic) bond motifs is 1. The number of aromatic nitrogens is 2. The number of methoxy groups -OCH3 is 1. The molecule has 0 atom stereocenters. The highest BCUT2D eigenvalue weighted by atomic mass is 32.1. The number of nitrogens with zero attached hydrogens (tertiary/aromatic N) is 1. The van der Waals surface area contributed by atoms with E-state index in [-0.39, 0.29) is 5.91 Å². The number of ether oxygens (including phenoxy) is 1. The maximum absolute atomic E-state index is 12.0. The second kappa shape index (κ2) is 5.34. The van der Waals surface area contributed by atoms with Gasteiger partial charge in [0, 0.05) is 16.3 Å². The van der Waals surface area contributed by atoms with Gasteiger partial charge in [0.05, 0.1) is 19.0 Å². The number of aromatic amines is 1. The molecule has 0 saturated heterocycles. The number of amides is 1. The lowest BCUT2D eigenvalue weighted by atomic mass is 10.2. The van der Waals surface area contributed by atoms with Crippen molar-refractivity contribution in [1.82, 2.24) is 10.2 Å². The van der Waals surface area contributed by atoms with Gasteiger partial charge in [-0.05, 0) is 23.6 Å². The topological polar surface area (TPSA) is 67.0 Å². The molecule has 0 spiro atoms. The summed E-state index contributed by atoms with van der Waals surface area (Å²) < 4.78 is 5.15. The first-order chi connectivity index (χ1) is 9.76. The van der Waals surface area contributed by atoms with E-state index in [1.165, 1.54) is 0 Å². The Kier molecular flexibility index (Phi) is 3.39. The molecule has 2 aromatic heterocycles. The van der Waals surface area contributed by atoms with Crippen LogP contribution in [0.3, 0.4) is 0 Å². The van der Waals surface area contributed by atoms with Crippen molar-refractivity contribution in [2.45, 2.75) is 6.42 Å². The molecule has 1 aromatic carbocycles. The summed E-state index contributed by atoms with van der Waals surface area (Å²) in [7, 11) is 1.61. The smallest absolute Gasteiger partial charge is 0.230 e. The first-order valence-electron chi connectivity index (χ1n) is 6.10. The van der Waals surface area contributed by atoms with Gasteiger partial charge in [-0.25, -0.2) is 0 Å². The minimum atomic E-state index is -0.0725. The van der Waals surface area contributed by atoms with Crippen LogP contribution in [0.4, 0.5) is 5.82 Å². The van der Waals surface area contributed by atoms with Gasteiger partial charge < -0.3 is 10.1 Å². The molecule has 102 valence electrons. The number of thiophene rings is 1. The number of rotatable bonds is 4. The molecule has 3 rings (SSSR count). The maximum atomic E-state index is 12.0. The van der Waals surface area contributed by atoms with Gasteiger partial charge in [-0.3, -0.25) is 9.89 Å². The Morgan fingerprint density at radius 2 is 2.35 bits per heavy atom. The third kappa shape index (κ3) is 2.50. The van der Waals surface area contributed by atoms with E-state index in [4.69, 9.17) is 4.74 Å². The highest BCUT2D eigenvalue weighted by Gasteiger charge is 2.10. The number of H-pyrrole nitrogens is 1. The summed E-state index contributed by atoms with van der Waals surface area (Å²) in [6.07, 6.45) is 0.363. The summed E-state index contributed by atoms with van der Waals surface area (Å²) in [5.74, 6) is 1.22. The van der Waals surface area contributed by atoms with Crippen molar-refractivity contribution in [3.8, 4) is 5.75 Å². The molecule has 2 heterocycles. The van der Waals surface area contributed by atoms with Crippen LogP contribution in [0.15, 0.2) is 35.7 Å². The molecule has 0 aliphatic carbocycles. The SMILES string of the molecule is COc1ccc2c(NC(=O)Cc3cccs3)n[nH]c2c1. The zero-order chi connectivity index (χ0) is 13.9. The second-order valence-electron chi connectivity index (χ2n) is 4.29. The fourth-order valence-electron chi connectivity index (χ4n) is 1.97. The van der Waals surface area contributed by atoms with Gasteiger partial charge in [0.15, 0.2) is 5.82 Å². The Balaban J connectivity index is 1.79. The quantitative estimate of drug-likeness (QED) is 0.775. The summed E-state index contributed by atoms with van der Waals surface area (Å²) in [5.41, 5.74) is 0.829. The standard InChI is InChI=1S/C14H13N3O2S/c1-19-9-4-5-11-12(7-9)16-17-14(11)15-13(18)8-10-3-2-6-20-10/h2-7H,8H2,1H3,(H2,15,16,17,18). The van der Waals surface area contributed by atoms with Crippen molar-refractivity contribution < 1.29 is 9.53 Å². The molecule has 0 saturated carbocycles. The molecule has 20 heavy (non-hydrogen) atoms. The first-order valence-corrected chi connectivity index (χ1v) is 6.98. The zero-order valence-corrected chi connectivity index (χ0v) is 11.7. The van der Waals surface area contributed by atoms with Crippen molar-refractivity contribution in [2.75, 3.05) is 12.4 Å². The van der Waals surface area contributed by atoms with E-state index in [1.807, 2.05) is 35.7 Å². The Bertz CT molecular complexity index is 734. The minimum absolute atomic E-state index is 0.0725. The number of carbonyl (C=O) groups excluding carboxylic acids is 1. The van der Waals surface area contributed by atoms with E-state index in [1.54, 1.807) is 18.4 Å². The fraction of sp³-hybridized carbons (Fsp3) is 0.143. The van der Waals surface area contributed by atoms with E-state index in [0.717, 1.165) is 21.5 Å². The molecule has 3 aromatic rings. The number of hydrogen-bond donors (Lipinski definition) is 2. The number of nitrogens with one attached hydrogen (secondary N) is 2. The van der Waals surface area contributed by atoms with Gasteiger partial charge >= 0.3 is 0 Å². The van der Waals surface area contributed by atoms with Crippen molar-refractivity contribution in [1.29, 1.82) is 0 Å². The molecule has 0 unspecified atom stereocenters. The lowest BCUT2D eigenvalue weighted by molar-refractivity contribution is -0.115. The van der Waals surface area contributed by atoms with Crippen LogP contribution in [0.5, 0.6) is 5.75 Å². The van der Waals surface area contributed by atoms with Gasteiger partial charge in [0.2, 0.25) is 5.91 Å². The first kappa shape index (κ1) is 12.7. The van der Waals surface area contributed by atoms with Crippen molar-refractivity contribution in [3.63, 3.8) is 0 Å². The third-order valence-electron chi connectivity index (χ3n) is 2.94. The molecule has 6 heteroatoms. The predicted molar refractivity (Wildman–Crippen MR) is 79.3 cm³/mol. The number of carbonyl (C=O) groups is 1. The highest BCUT2D eigenvalue weighted by Crippen LogP contribution is 2.24. The van der Waals surface area contributed by atoms with E-state index in [9.17, 15) is 4.79 Å². The molecule has 5 nitrogen and oxygen atoms in total. The Labute approximate surface area is 119 Å². The third-order valence-corrected chi connectivity index (χ3v) is 3.82. The van der Waals surface area contributed by atoms with E-state index in [2.05, 4.69) is 15.5 Å². The molecule has 0 aliphatic rings. The molecule has 1 amide bonds. The Hall–Kier alpha value is -2.34. The van der Waals surface area contributed by atoms with E-state index < -0.39 is 0 Å². The number of benzene rings is 1. The van der Waals surface area contributed by atoms with Crippen molar-refractivity contribution >= 4 is 34.0 Å². The van der Waals surface area contributed by atoms with Gasteiger partial charge in [-0.1, -0.05) is 6.07 Å². The van der Waals surface area contributed by atoms with Crippen LogP contribution in [0, 0.1) is 0 Å². The van der Waals surface area contributed by atoms with Gasteiger partial charge in [0.1, 0.15) is 5.75 Å². The predicted octanol–water partition coefficient (Wildman–Crippen LogP) is 2.81. The van der Waals surface area contributed by atoms with Gasteiger partial charge in [-0.2, -0.15) is 5.10 Å². The molecular formula is C14H13N3O2S. The number of hydrogen-bond acceptors (Lipinski definition) is 4. The van der Waals surface area contributed by atoms with Gasteiger partial charge in [0.25, 0.3) is 0 Å². The molecule has 0 aliphatic heterocycles. The summed E-state index contributed by atoms with van der Waals surface area (Å²) in [6, 6.07) is 9.43. The molecule has 0 fully saturated rings. The lowest BCUT2D eigenvalue weighted by Gasteiger charge is -2.02. The van der Waals surface area contributed by atoms with E-state index in [0.29, 0.717) is 12.2 Å². The largest absolute Gasteiger partial charge is 0.497 e. The lowest BCUT2D eigenvalue weighted by Crippen LogP contribution is -2.14. The molecule has 2 N–H and O–H groups in total. The molecule has 0 bridgehead atoms. The van der Waals surface area contributed by atoms with Crippen LogP contribution in [-0.2, 0) is 11.2 Å². The van der Waals surface area contributed by atoms with Crippen LogP contribution < -0.4 is 10.1 Å². The molecule has 0 radical (unpaired) electrons. The average molecular weight is 287 g/mol. The second-order valence-corrected chi connectivity index (χ2v) is 5.32. The summed E-state index contributed by atoms with van der Waals surface area (Å²) in [6.45, 7) is 0. The maximum Gasteiger partial charge on any atom is 0.230 e. The number of anilines is 1. The summed E-state index contributed by atoms with van der Waals surface area (Å²) in [5, 5.41) is 12.7. The Morgan fingerprint density at radius 3 is 3.10 bits per heavy atom. The van der Waals surface area contributed by atoms with E-state index >= 15 is 0 Å². The van der Waals surface area contributed by atoms with Crippen LogP contribution >= 0.6 is 11.3 Å². The van der Waals surface area contributed by atoms with Crippen LogP contribution in [-0.4, -0.2) is 23.2 Å². The van der Waals surface area contributed by atoms with Crippen LogP contribution in [0.2, 0.25) is 0 Å². The monoisotopic (exact) mass is 287 g/mol. The van der Waals surface area contributed by atoms with Crippen LogP contribution in [0.1, 0.15) is 4.88 Å². The minimum Gasteiger partial charge on any atom is -0.497 e. The fourth-order valence-corrected chi connectivity index (χ4v) is 2.67. The normalized spacial score (nSPS) is 10.7. The highest BCUT2D eigenvalue weighted by molar-refractivity contribution is 7.10. The van der Waals surface area contributed by atoms with Crippen molar-refractivity contribution in [2.24, 2.45) is 0 Å². The summed E-state index contributed by atoms with van der Waals surface area (Å²) in [4.78, 5) is 13.0. The van der Waals surface area contributed by atoms with Crippen LogP contribution in [0.25, 0.3) is 10.9 Å². The molecular weight excluding hydrogens is 274 g/mol. The average Bonchev–Trinajstić information content (AvgIpc) is 3.08.